The molecule has 3 rings (SSSR count). The summed E-state index contributed by atoms with van der Waals surface area (Å²) in [5.74, 6) is -0.379. The fourth-order valence-electron chi connectivity index (χ4n) is 2.87. The molecule has 0 radical (unpaired) electrons. The normalized spacial score (nSPS) is 10.8. The predicted octanol–water partition coefficient (Wildman–Crippen LogP) is 6.33. The topological polar surface area (TPSA) is 64.6 Å². The van der Waals surface area contributed by atoms with Crippen molar-refractivity contribution in [1.82, 2.24) is 0 Å². The van der Waals surface area contributed by atoms with Crippen molar-refractivity contribution in [3.63, 3.8) is 0 Å². The fraction of sp³-hybridized carbons (Fsp3) is 0.154. The van der Waals surface area contributed by atoms with Crippen LogP contribution < -0.4 is 10.1 Å². The third-order valence-corrected chi connectivity index (χ3v) is 5.44. The second-order valence-corrected chi connectivity index (χ2v) is 7.91. The van der Waals surface area contributed by atoms with E-state index in [0.29, 0.717) is 21.5 Å². The molecular formula is C26H23Cl2NO4. The number of carbonyl (C=O) groups is 2. The molecule has 0 aliphatic rings. The van der Waals surface area contributed by atoms with Crippen LogP contribution in [0, 0.1) is 0 Å². The van der Waals surface area contributed by atoms with Crippen LogP contribution in [0.1, 0.15) is 23.6 Å². The van der Waals surface area contributed by atoms with Crippen LogP contribution >= 0.6 is 23.2 Å². The number of anilines is 1. The van der Waals surface area contributed by atoms with Crippen molar-refractivity contribution in [3.8, 4) is 5.75 Å². The van der Waals surface area contributed by atoms with E-state index in [4.69, 9.17) is 32.7 Å². The maximum absolute atomic E-state index is 11.9. The number of rotatable bonds is 9. The monoisotopic (exact) mass is 483 g/mol. The Kier molecular flexibility index (Phi) is 8.93. The van der Waals surface area contributed by atoms with E-state index < -0.39 is 11.9 Å². The van der Waals surface area contributed by atoms with E-state index in [-0.39, 0.29) is 13.2 Å². The number of hydrogen-bond donors (Lipinski definition) is 1. The minimum absolute atomic E-state index is 0.241. The van der Waals surface area contributed by atoms with E-state index >= 15 is 0 Å². The van der Waals surface area contributed by atoms with E-state index in [2.05, 4.69) is 12.2 Å². The Morgan fingerprint density at radius 2 is 1.61 bits per heavy atom. The molecule has 33 heavy (non-hydrogen) atoms. The zero-order valence-electron chi connectivity index (χ0n) is 18.0. The lowest BCUT2D eigenvalue weighted by Crippen LogP contribution is -2.20. The van der Waals surface area contributed by atoms with Crippen molar-refractivity contribution < 1.29 is 19.1 Å². The number of esters is 1. The number of ether oxygens (including phenoxy) is 2. The highest BCUT2D eigenvalue weighted by Crippen LogP contribution is 2.26. The van der Waals surface area contributed by atoms with Crippen LogP contribution in [-0.4, -0.2) is 18.5 Å². The van der Waals surface area contributed by atoms with Crippen molar-refractivity contribution >= 4 is 46.8 Å². The standard InChI is InChI=1S/C26H23Cl2NO4/c1-2-18-6-11-20(12-7-18)29-25(30)17-33-26(31)15-10-19-8-13-21(14-9-19)32-16-22-23(27)4-3-5-24(22)28/h3-15H,2,16-17H2,1H3,(H,29,30). The van der Waals surface area contributed by atoms with Crippen LogP contribution in [-0.2, 0) is 27.4 Å². The van der Waals surface area contributed by atoms with Crippen LogP contribution in [0.15, 0.2) is 72.8 Å². The summed E-state index contributed by atoms with van der Waals surface area (Å²) < 4.78 is 10.7. The molecule has 0 aromatic heterocycles. The quantitative estimate of drug-likeness (QED) is 0.285. The summed E-state index contributed by atoms with van der Waals surface area (Å²) in [5, 5.41) is 3.78. The minimum Gasteiger partial charge on any atom is -0.489 e. The van der Waals surface area contributed by atoms with Gasteiger partial charge in [-0.1, -0.05) is 60.5 Å². The first-order valence-corrected chi connectivity index (χ1v) is 11.1. The Morgan fingerprint density at radius 3 is 2.24 bits per heavy atom. The molecule has 7 heteroatoms. The largest absolute Gasteiger partial charge is 0.489 e. The van der Waals surface area contributed by atoms with Gasteiger partial charge in [-0.3, -0.25) is 4.79 Å². The number of halogens is 2. The van der Waals surface area contributed by atoms with Gasteiger partial charge < -0.3 is 14.8 Å². The van der Waals surface area contributed by atoms with Gasteiger partial charge in [-0.25, -0.2) is 4.79 Å². The van der Waals surface area contributed by atoms with E-state index in [1.807, 2.05) is 24.3 Å². The zero-order chi connectivity index (χ0) is 23.6. The number of hydrogen-bond acceptors (Lipinski definition) is 4. The van der Waals surface area contributed by atoms with E-state index in [0.717, 1.165) is 17.5 Å². The molecule has 0 saturated heterocycles. The van der Waals surface area contributed by atoms with Gasteiger partial charge in [-0.2, -0.15) is 0 Å². The molecule has 5 nitrogen and oxygen atoms in total. The Balaban J connectivity index is 1.44. The highest BCUT2D eigenvalue weighted by atomic mass is 35.5. The van der Waals surface area contributed by atoms with Crippen molar-refractivity contribution in [1.29, 1.82) is 0 Å². The van der Waals surface area contributed by atoms with E-state index in [1.54, 1.807) is 48.5 Å². The first-order valence-electron chi connectivity index (χ1n) is 10.3. The lowest BCUT2D eigenvalue weighted by molar-refractivity contribution is -0.142. The summed E-state index contributed by atoms with van der Waals surface area (Å²) in [7, 11) is 0. The van der Waals surface area contributed by atoms with E-state index in [9.17, 15) is 9.59 Å². The van der Waals surface area contributed by atoms with Gasteiger partial charge in [0, 0.05) is 27.4 Å². The molecule has 0 unspecified atom stereocenters. The molecule has 1 N–H and O–H groups in total. The third-order valence-electron chi connectivity index (χ3n) is 4.73. The molecule has 0 fully saturated rings. The van der Waals surface area contributed by atoms with Crippen molar-refractivity contribution in [2.75, 3.05) is 11.9 Å². The number of carbonyl (C=O) groups excluding carboxylic acids is 2. The van der Waals surface area contributed by atoms with Crippen LogP contribution in [0.5, 0.6) is 5.75 Å². The summed E-state index contributed by atoms with van der Waals surface area (Å²) in [6, 6.07) is 19.9. The smallest absolute Gasteiger partial charge is 0.331 e. The minimum atomic E-state index is -0.611. The van der Waals surface area contributed by atoms with Crippen LogP contribution in [0.25, 0.3) is 6.08 Å². The van der Waals surface area contributed by atoms with Crippen LogP contribution in [0.4, 0.5) is 5.69 Å². The third kappa shape index (κ3) is 7.67. The van der Waals surface area contributed by atoms with Gasteiger partial charge in [0.05, 0.1) is 0 Å². The Morgan fingerprint density at radius 1 is 0.939 bits per heavy atom. The number of aryl methyl sites for hydroxylation is 1. The number of benzene rings is 3. The summed E-state index contributed by atoms with van der Waals surface area (Å²) >= 11 is 12.3. The molecule has 0 heterocycles. The second-order valence-electron chi connectivity index (χ2n) is 7.10. The maximum atomic E-state index is 11.9. The highest BCUT2D eigenvalue weighted by Gasteiger charge is 2.07. The summed E-state index contributed by atoms with van der Waals surface area (Å²) in [4.78, 5) is 23.9. The highest BCUT2D eigenvalue weighted by molar-refractivity contribution is 6.35. The Bertz CT molecular complexity index is 1110. The first-order chi connectivity index (χ1) is 15.9. The van der Waals surface area contributed by atoms with Gasteiger partial charge in [0.2, 0.25) is 0 Å². The second kappa shape index (κ2) is 12.1. The lowest BCUT2D eigenvalue weighted by atomic mass is 10.1. The fourth-order valence-corrected chi connectivity index (χ4v) is 3.38. The molecule has 1 amide bonds. The molecular weight excluding hydrogens is 461 g/mol. The molecule has 0 aliphatic carbocycles. The number of amides is 1. The van der Waals surface area contributed by atoms with Crippen molar-refractivity contribution in [2.24, 2.45) is 0 Å². The molecule has 0 spiro atoms. The average Bonchev–Trinajstić information content (AvgIpc) is 2.82. The Labute approximate surface area is 202 Å². The molecule has 0 aliphatic heterocycles. The molecule has 0 atom stereocenters. The maximum Gasteiger partial charge on any atom is 0.331 e. The van der Waals surface area contributed by atoms with Crippen LogP contribution in [0.3, 0.4) is 0 Å². The average molecular weight is 484 g/mol. The summed E-state index contributed by atoms with van der Waals surface area (Å²) in [5.41, 5.74) is 3.32. The van der Waals surface area contributed by atoms with Gasteiger partial charge in [0.15, 0.2) is 6.61 Å². The van der Waals surface area contributed by atoms with Gasteiger partial charge in [-0.05, 0) is 60.0 Å². The van der Waals surface area contributed by atoms with Gasteiger partial charge in [0.25, 0.3) is 5.91 Å². The molecule has 3 aromatic carbocycles. The molecule has 3 aromatic rings. The van der Waals surface area contributed by atoms with E-state index in [1.165, 1.54) is 11.6 Å². The SMILES string of the molecule is CCc1ccc(NC(=O)COC(=O)C=Cc2ccc(OCc3c(Cl)cccc3Cl)cc2)cc1. The van der Waals surface area contributed by atoms with Gasteiger partial charge >= 0.3 is 5.97 Å². The van der Waals surface area contributed by atoms with Crippen molar-refractivity contribution in [3.05, 3.63) is 99.5 Å². The predicted molar refractivity (Wildman–Crippen MR) is 132 cm³/mol. The zero-order valence-corrected chi connectivity index (χ0v) is 19.5. The molecule has 0 saturated carbocycles. The van der Waals surface area contributed by atoms with Crippen molar-refractivity contribution in [2.45, 2.75) is 20.0 Å². The van der Waals surface area contributed by atoms with Gasteiger partial charge in [0.1, 0.15) is 12.4 Å². The number of nitrogens with one attached hydrogen (secondary N) is 1. The first kappa shape index (κ1) is 24.4. The van der Waals surface area contributed by atoms with Crippen LogP contribution in [0.2, 0.25) is 10.0 Å². The Hall–Kier alpha value is -3.28. The molecule has 170 valence electrons. The lowest BCUT2D eigenvalue weighted by Gasteiger charge is -2.09. The summed E-state index contributed by atoms with van der Waals surface area (Å²) in [6.07, 6.45) is 3.78. The molecule has 0 bridgehead atoms. The van der Waals surface area contributed by atoms with Gasteiger partial charge in [-0.15, -0.1) is 0 Å². The summed E-state index contributed by atoms with van der Waals surface area (Å²) in [6.45, 7) is 1.93.